The second kappa shape index (κ2) is 6.13. The normalized spacial score (nSPS) is 13.0. The fourth-order valence-electron chi connectivity index (χ4n) is 1.81. The number of pyridine rings is 1. The Balaban J connectivity index is 2.29. The van der Waals surface area contributed by atoms with Gasteiger partial charge < -0.3 is 5.32 Å². The van der Waals surface area contributed by atoms with Crippen molar-refractivity contribution in [3.63, 3.8) is 0 Å². The van der Waals surface area contributed by atoms with E-state index in [0.717, 1.165) is 11.6 Å². The maximum absolute atomic E-state index is 12.9. The molecule has 0 radical (unpaired) electrons. The largest absolute Gasteiger partial charge is 0.419 e. The number of alkyl halides is 4. The van der Waals surface area contributed by atoms with Crippen molar-refractivity contribution in [2.45, 2.75) is 12.2 Å². The zero-order valence-corrected chi connectivity index (χ0v) is 11.1. The number of halogens is 4. The first-order chi connectivity index (χ1) is 9.52. The van der Waals surface area contributed by atoms with Gasteiger partial charge in [0.1, 0.15) is 5.82 Å². The summed E-state index contributed by atoms with van der Waals surface area (Å²) in [5.74, 6) is -0.0766. The van der Waals surface area contributed by atoms with Gasteiger partial charge in [-0.05, 0) is 17.7 Å². The SMILES string of the molecule is FC(F)(F)c1cccnc1NC(CCl)c1ccccc1. The van der Waals surface area contributed by atoms with Gasteiger partial charge in [0.15, 0.2) is 0 Å². The van der Waals surface area contributed by atoms with Crippen molar-refractivity contribution in [1.29, 1.82) is 0 Å². The molecule has 2 rings (SSSR count). The predicted octanol–water partition coefficient (Wildman–Crippen LogP) is 4.49. The molecule has 1 unspecified atom stereocenters. The number of nitrogens with one attached hydrogen (secondary N) is 1. The van der Waals surface area contributed by atoms with Gasteiger partial charge in [0.25, 0.3) is 0 Å². The smallest absolute Gasteiger partial charge is 0.362 e. The molecular weight excluding hydrogens is 289 g/mol. The topological polar surface area (TPSA) is 24.9 Å². The minimum absolute atomic E-state index is 0.137. The number of hydrogen-bond donors (Lipinski definition) is 1. The first-order valence-corrected chi connectivity index (χ1v) is 6.45. The van der Waals surface area contributed by atoms with Crippen LogP contribution in [0.3, 0.4) is 0 Å². The van der Waals surface area contributed by atoms with E-state index >= 15 is 0 Å². The lowest BCUT2D eigenvalue weighted by Gasteiger charge is -2.20. The summed E-state index contributed by atoms with van der Waals surface area (Å²) in [6.07, 6.45) is -3.14. The number of aromatic nitrogens is 1. The van der Waals surface area contributed by atoms with E-state index in [9.17, 15) is 13.2 Å². The van der Waals surface area contributed by atoms with Crippen LogP contribution in [0.4, 0.5) is 19.0 Å². The van der Waals surface area contributed by atoms with Crippen molar-refractivity contribution < 1.29 is 13.2 Å². The second-order valence-corrected chi connectivity index (χ2v) is 4.47. The van der Waals surface area contributed by atoms with E-state index < -0.39 is 17.8 Å². The van der Waals surface area contributed by atoms with Gasteiger partial charge in [-0.15, -0.1) is 11.6 Å². The van der Waals surface area contributed by atoms with E-state index in [4.69, 9.17) is 11.6 Å². The predicted molar refractivity (Wildman–Crippen MR) is 72.8 cm³/mol. The summed E-state index contributed by atoms with van der Waals surface area (Å²) >= 11 is 5.85. The van der Waals surface area contributed by atoms with E-state index in [1.54, 1.807) is 24.3 Å². The minimum atomic E-state index is -4.45. The summed E-state index contributed by atoms with van der Waals surface area (Å²) < 4.78 is 38.7. The molecule has 0 amide bonds. The third-order valence-electron chi connectivity index (χ3n) is 2.78. The molecule has 1 aromatic carbocycles. The van der Waals surface area contributed by atoms with Crippen LogP contribution >= 0.6 is 11.6 Å². The molecule has 2 nitrogen and oxygen atoms in total. The molecule has 0 fully saturated rings. The first-order valence-electron chi connectivity index (χ1n) is 5.92. The fraction of sp³-hybridized carbons (Fsp3) is 0.214. The van der Waals surface area contributed by atoms with Crippen LogP contribution in [0.1, 0.15) is 17.2 Å². The van der Waals surface area contributed by atoms with E-state index in [1.165, 1.54) is 12.3 Å². The van der Waals surface area contributed by atoms with Crippen LogP contribution in [0.2, 0.25) is 0 Å². The van der Waals surface area contributed by atoms with E-state index in [0.29, 0.717) is 0 Å². The summed E-state index contributed by atoms with van der Waals surface area (Å²) in [6, 6.07) is 10.9. The highest BCUT2D eigenvalue weighted by Gasteiger charge is 2.34. The Bertz CT molecular complexity index is 558. The van der Waals surface area contributed by atoms with E-state index in [2.05, 4.69) is 10.3 Å². The molecule has 0 saturated carbocycles. The number of nitrogens with zero attached hydrogens (tertiary/aromatic N) is 1. The van der Waals surface area contributed by atoms with Crippen molar-refractivity contribution in [3.8, 4) is 0 Å². The molecule has 0 bridgehead atoms. The van der Waals surface area contributed by atoms with Gasteiger partial charge in [-0.2, -0.15) is 13.2 Å². The van der Waals surface area contributed by atoms with Gasteiger partial charge in [0, 0.05) is 12.1 Å². The Hall–Kier alpha value is -1.75. The van der Waals surface area contributed by atoms with Crippen LogP contribution < -0.4 is 5.32 Å². The molecule has 1 N–H and O–H groups in total. The average molecular weight is 301 g/mol. The van der Waals surface area contributed by atoms with E-state index in [-0.39, 0.29) is 11.7 Å². The molecule has 20 heavy (non-hydrogen) atoms. The van der Waals surface area contributed by atoms with Gasteiger partial charge in [0.2, 0.25) is 0 Å². The Kier molecular flexibility index (Phi) is 4.49. The third kappa shape index (κ3) is 3.42. The van der Waals surface area contributed by atoms with E-state index in [1.807, 2.05) is 6.07 Å². The molecule has 0 aliphatic carbocycles. The van der Waals surface area contributed by atoms with Crippen LogP contribution in [-0.2, 0) is 6.18 Å². The lowest BCUT2D eigenvalue weighted by Crippen LogP contribution is -2.17. The number of hydrogen-bond acceptors (Lipinski definition) is 2. The van der Waals surface area contributed by atoms with Crippen molar-refractivity contribution >= 4 is 17.4 Å². The highest BCUT2D eigenvalue weighted by atomic mass is 35.5. The Morgan fingerprint density at radius 2 is 1.80 bits per heavy atom. The van der Waals surface area contributed by atoms with Gasteiger partial charge in [-0.25, -0.2) is 4.98 Å². The van der Waals surface area contributed by atoms with Crippen molar-refractivity contribution in [2.75, 3.05) is 11.2 Å². The Morgan fingerprint density at radius 1 is 1.10 bits per heavy atom. The zero-order chi connectivity index (χ0) is 14.6. The summed E-state index contributed by atoms with van der Waals surface area (Å²) in [5.41, 5.74) is 0.00678. The molecule has 1 atom stereocenters. The molecule has 106 valence electrons. The molecule has 1 heterocycles. The van der Waals surface area contributed by atoms with Crippen LogP contribution in [0.15, 0.2) is 48.7 Å². The summed E-state index contributed by atoms with van der Waals surface area (Å²) in [5, 5.41) is 2.76. The van der Waals surface area contributed by atoms with Gasteiger partial charge in [-0.3, -0.25) is 0 Å². The molecule has 0 aliphatic rings. The van der Waals surface area contributed by atoms with Gasteiger partial charge in [0.05, 0.1) is 11.6 Å². The molecular formula is C14H12ClF3N2. The van der Waals surface area contributed by atoms with Crippen LogP contribution in [0, 0.1) is 0 Å². The lowest BCUT2D eigenvalue weighted by atomic mass is 10.1. The standard InChI is InChI=1S/C14H12ClF3N2/c15-9-12(10-5-2-1-3-6-10)20-13-11(14(16,17)18)7-4-8-19-13/h1-8,12H,9H2,(H,19,20). The quantitative estimate of drug-likeness (QED) is 0.841. The molecule has 0 aliphatic heterocycles. The summed E-state index contributed by atoms with van der Waals surface area (Å²) in [7, 11) is 0. The van der Waals surface area contributed by atoms with Crippen LogP contribution in [-0.4, -0.2) is 10.9 Å². The van der Waals surface area contributed by atoms with Crippen molar-refractivity contribution in [2.24, 2.45) is 0 Å². The number of anilines is 1. The molecule has 0 saturated heterocycles. The Labute approximate surface area is 119 Å². The highest BCUT2D eigenvalue weighted by Crippen LogP contribution is 2.34. The Morgan fingerprint density at radius 3 is 2.40 bits per heavy atom. The average Bonchev–Trinajstić information content (AvgIpc) is 2.45. The monoisotopic (exact) mass is 300 g/mol. The lowest BCUT2D eigenvalue weighted by molar-refractivity contribution is -0.137. The molecule has 0 spiro atoms. The van der Waals surface area contributed by atoms with Crippen molar-refractivity contribution in [1.82, 2.24) is 4.98 Å². The molecule has 6 heteroatoms. The molecule has 2 aromatic rings. The molecule has 1 aromatic heterocycles. The third-order valence-corrected chi connectivity index (χ3v) is 3.09. The minimum Gasteiger partial charge on any atom is -0.362 e. The van der Waals surface area contributed by atoms with Gasteiger partial charge in [-0.1, -0.05) is 30.3 Å². The second-order valence-electron chi connectivity index (χ2n) is 4.16. The zero-order valence-electron chi connectivity index (χ0n) is 10.4. The maximum Gasteiger partial charge on any atom is 0.419 e. The fourth-order valence-corrected chi connectivity index (χ4v) is 2.07. The van der Waals surface area contributed by atoms with Crippen LogP contribution in [0.5, 0.6) is 0 Å². The summed E-state index contributed by atoms with van der Waals surface area (Å²) in [4.78, 5) is 3.77. The van der Waals surface area contributed by atoms with Crippen LogP contribution in [0.25, 0.3) is 0 Å². The first kappa shape index (κ1) is 14.7. The number of rotatable bonds is 4. The van der Waals surface area contributed by atoms with Gasteiger partial charge >= 0.3 is 6.18 Å². The maximum atomic E-state index is 12.9. The summed E-state index contributed by atoms with van der Waals surface area (Å²) in [6.45, 7) is 0. The van der Waals surface area contributed by atoms with Crippen molar-refractivity contribution in [3.05, 3.63) is 59.8 Å². The highest BCUT2D eigenvalue weighted by molar-refractivity contribution is 6.18. The number of benzene rings is 1.